The second-order valence-electron chi connectivity index (χ2n) is 3.69. The molecular weight excluding hydrogens is 258 g/mol. The number of rotatable bonds is 3. The highest BCUT2D eigenvalue weighted by atomic mass is 79.9. The van der Waals surface area contributed by atoms with E-state index in [0.717, 1.165) is 10.0 Å². The normalized spacial score (nSPS) is 14.4. The van der Waals surface area contributed by atoms with Crippen LogP contribution in [0.15, 0.2) is 28.7 Å². The molecule has 0 fully saturated rings. The molecule has 0 saturated carbocycles. The maximum absolute atomic E-state index is 10.7. The fourth-order valence-electron chi connectivity index (χ4n) is 1.21. The molecular formula is C11H14BrNO2. The molecule has 0 aliphatic rings. The van der Waals surface area contributed by atoms with Crippen LogP contribution in [0.5, 0.6) is 0 Å². The predicted molar refractivity (Wildman–Crippen MR) is 62.4 cm³/mol. The molecule has 1 aromatic carbocycles. The first kappa shape index (κ1) is 12.2. The van der Waals surface area contributed by atoms with Crippen LogP contribution in [0.2, 0.25) is 0 Å². The van der Waals surface area contributed by atoms with Gasteiger partial charge in [-0.25, -0.2) is 0 Å². The van der Waals surface area contributed by atoms with E-state index in [-0.39, 0.29) is 12.5 Å². The van der Waals surface area contributed by atoms with Crippen molar-refractivity contribution in [3.8, 4) is 0 Å². The predicted octanol–water partition coefficient (Wildman–Crippen LogP) is 1.79. The summed E-state index contributed by atoms with van der Waals surface area (Å²) in [5.41, 5.74) is -0.258. The lowest BCUT2D eigenvalue weighted by atomic mass is 9.96. The third kappa shape index (κ3) is 3.64. The maximum Gasteiger partial charge on any atom is 0.216 e. The van der Waals surface area contributed by atoms with Crippen molar-refractivity contribution in [1.82, 2.24) is 5.32 Å². The quantitative estimate of drug-likeness (QED) is 0.881. The summed E-state index contributed by atoms with van der Waals surface area (Å²) < 4.78 is 0.960. The number of aliphatic hydroxyl groups is 1. The topological polar surface area (TPSA) is 49.3 Å². The average Bonchev–Trinajstić information content (AvgIpc) is 2.16. The number of carbonyl (C=O) groups is 1. The first-order valence-corrected chi connectivity index (χ1v) is 5.44. The summed E-state index contributed by atoms with van der Waals surface area (Å²) in [5, 5.41) is 12.7. The third-order valence-electron chi connectivity index (χ3n) is 2.15. The number of hydrogen-bond acceptors (Lipinski definition) is 2. The number of benzene rings is 1. The fraction of sp³-hybridized carbons (Fsp3) is 0.364. The molecule has 4 heteroatoms. The molecule has 1 aromatic rings. The zero-order chi connectivity index (χ0) is 11.5. The highest BCUT2D eigenvalue weighted by Gasteiger charge is 2.22. The molecule has 0 saturated heterocycles. The number of halogens is 1. The Kier molecular flexibility index (Phi) is 3.88. The summed E-state index contributed by atoms with van der Waals surface area (Å²) in [7, 11) is 0. The van der Waals surface area contributed by atoms with E-state index in [9.17, 15) is 9.90 Å². The van der Waals surface area contributed by atoms with Crippen molar-refractivity contribution in [1.29, 1.82) is 0 Å². The van der Waals surface area contributed by atoms with Gasteiger partial charge in [-0.3, -0.25) is 4.79 Å². The van der Waals surface area contributed by atoms with Gasteiger partial charge in [0.25, 0.3) is 0 Å². The van der Waals surface area contributed by atoms with E-state index in [1.54, 1.807) is 6.92 Å². The zero-order valence-corrected chi connectivity index (χ0v) is 10.3. The van der Waals surface area contributed by atoms with Crippen molar-refractivity contribution in [2.45, 2.75) is 19.4 Å². The van der Waals surface area contributed by atoms with Crippen molar-refractivity contribution in [3.63, 3.8) is 0 Å². The van der Waals surface area contributed by atoms with Crippen LogP contribution in [0.25, 0.3) is 0 Å². The molecule has 0 spiro atoms. The molecule has 1 atom stereocenters. The third-order valence-corrected chi connectivity index (χ3v) is 2.68. The van der Waals surface area contributed by atoms with Crippen molar-refractivity contribution in [3.05, 3.63) is 34.3 Å². The van der Waals surface area contributed by atoms with Crippen molar-refractivity contribution in [2.24, 2.45) is 0 Å². The van der Waals surface area contributed by atoms with Crippen molar-refractivity contribution < 1.29 is 9.90 Å². The number of carbonyl (C=O) groups excluding carboxylic acids is 1. The summed E-state index contributed by atoms with van der Waals surface area (Å²) in [6, 6.07) is 7.37. The van der Waals surface area contributed by atoms with Crippen LogP contribution in [0.3, 0.4) is 0 Å². The van der Waals surface area contributed by atoms with Gasteiger partial charge < -0.3 is 10.4 Å². The molecule has 0 aliphatic carbocycles. The van der Waals surface area contributed by atoms with E-state index in [4.69, 9.17) is 0 Å². The second-order valence-corrected chi connectivity index (χ2v) is 4.61. The van der Waals surface area contributed by atoms with Gasteiger partial charge in [-0.2, -0.15) is 0 Å². The lowest BCUT2D eigenvalue weighted by Gasteiger charge is -2.23. The Morgan fingerprint density at radius 1 is 1.47 bits per heavy atom. The molecule has 1 amide bonds. The van der Waals surface area contributed by atoms with Gasteiger partial charge in [0.2, 0.25) is 5.91 Å². The van der Waals surface area contributed by atoms with Crippen LogP contribution in [0, 0.1) is 0 Å². The van der Waals surface area contributed by atoms with Gasteiger partial charge in [0, 0.05) is 11.4 Å². The van der Waals surface area contributed by atoms with Crippen LogP contribution < -0.4 is 5.32 Å². The summed E-state index contributed by atoms with van der Waals surface area (Å²) in [6.45, 7) is 3.31. The van der Waals surface area contributed by atoms with E-state index in [2.05, 4.69) is 21.2 Å². The molecule has 0 radical (unpaired) electrons. The number of hydrogen-bond donors (Lipinski definition) is 2. The van der Waals surface area contributed by atoms with Crippen LogP contribution in [-0.4, -0.2) is 17.6 Å². The molecule has 15 heavy (non-hydrogen) atoms. The molecule has 0 bridgehead atoms. The Balaban J connectivity index is 2.76. The monoisotopic (exact) mass is 271 g/mol. The first-order chi connectivity index (χ1) is 6.92. The Morgan fingerprint density at radius 2 is 2.00 bits per heavy atom. The van der Waals surface area contributed by atoms with Crippen molar-refractivity contribution in [2.75, 3.05) is 6.54 Å². The zero-order valence-electron chi connectivity index (χ0n) is 8.75. The Labute approximate surface area is 97.6 Å². The van der Waals surface area contributed by atoms with E-state index >= 15 is 0 Å². The smallest absolute Gasteiger partial charge is 0.216 e. The maximum atomic E-state index is 10.7. The lowest BCUT2D eigenvalue weighted by molar-refractivity contribution is -0.120. The summed E-state index contributed by atoms with van der Waals surface area (Å²) >= 11 is 3.32. The van der Waals surface area contributed by atoms with Gasteiger partial charge in [0.05, 0.1) is 6.54 Å². The van der Waals surface area contributed by atoms with Gasteiger partial charge in [0.1, 0.15) is 5.60 Å². The SMILES string of the molecule is CC(=O)NC[C@](C)(O)c1ccc(Br)cc1. The Bertz CT molecular complexity index is 346. The van der Waals surface area contributed by atoms with Gasteiger partial charge in [-0.1, -0.05) is 28.1 Å². The highest BCUT2D eigenvalue weighted by Crippen LogP contribution is 2.21. The summed E-state index contributed by atoms with van der Waals surface area (Å²) in [5.74, 6) is -0.146. The van der Waals surface area contributed by atoms with Crippen LogP contribution in [0.4, 0.5) is 0 Å². The minimum atomic E-state index is -1.04. The van der Waals surface area contributed by atoms with Crippen LogP contribution >= 0.6 is 15.9 Å². The molecule has 0 unspecified atom stereocenters. The Morgan fingerprint density at radius 3 is 2.47 bits per heavy atom. The highest BCUT2D eigenvalue weighted by molar-refractivity contribution is 9.10. The van der Waals surface area contributed by atoms with E-state index in [1.165, 1.54) is 6.92 Å². The largest absolute Gasteiger partial charge is 0.384 e. The number of nitrogens with one attached hydrogen (secondary N) is 1. The van der Waals surface area contributed by atoms with Gasteiger partial charge in [0.15, 0.2) is 0 Å². The second kappa shape index (κ2) is 4.77. The molecule has 0 heterocycles. The minimum Gasteiger partial charge on any atom is -0.384 e. The van der Waals surface area contributed by atoms with Gasteiger partial charge >= 0.3 is 0 Å². The number of amides is 1. The van der Waals surface area contributed by atoms with Crippen LogP contribution in [-0.2, 0) is 10.4 Å². The summed E-state index contributed by atoms with van der Waals surface area (Å²) in [4.78, 5) is 10.7. The lowest BCUT2D eigenvalue weighted by Crippen LogP contribution is -2.37. The van der Waals surface area contributed by atoms with E-state index < -0.39 is 5.60 Å². The van der Waals surface area contributed by atoms with Gasteiger partial charge in [-0.15, -0.1) is 0 Å². The minimum absolute atomic E-state index is 0.146. The van der Waals surface area contributed by atoms with Crippen molar-refractivity contribution >= 4 is 21.8 Å². The van der Waals surface area contributed by atoms with Gasteiger partial charge in [-0.05, 0) is 24.6 Å². The molecule has 0 aromatic heterocycles. The van der Waals surface area contributed by atoms with E-state index in [1.807, 2.05) is 24.3 Å². The van der Waals surface area contributed by atoms with E-state index in [0.29, 0.717) is 0 Å². The Hall–Kier alpha value is -0.870. The molecule has 2 N–H and O–H groups in total. The molecule has 3 nitrogen and oxygen atoms in total. The molecule has 0 aliphatic heterocycles. The fourth-order valence-corrected chi connectivity index (χ4v) is 1.47. The average molecular weight is 272 g/mol. The molecule has 82 valence electrons. The first-order valence-electron chi connectivity index (χ1n) is 4.65. The summed E-state index contributed by atoms with van der Waals surface area (Å²) in [6.07, 6.45) is 0. The van der Waals surface area contributed by atoms with Crippen LogP contribution in [0.1, 0.15) is 19.4 Å². The standard InChI is InChI=1S/C11H14BrNO2/c1-8(14)13-7-11(2,15)9-3-5-10(12)6-4-9/h3-6,15H,7H2,1-2H3,(H,13,14)/t11-/m0/s1. The molecule has 1 rings (SSSR count).